The third-order valence-corrected chi connectivity index (χ3v) is 1.72. The zero-order valence-corrected chi connectivity index (χ0v) is 5.83. The molecular weight excluding hydrogens is 144 g/mol. The molecule has 1 aliphatic heterocycles. The first-order chi connectivity index (χ1) is 5.36. The zero-order chi connectivity index (χ0) is 7.68. The molecule has 0 aromatic carbocycles. The summed E-state index contributed by atoms with van der Waals surface area (Å²) < 4.78 is 4.88. The summed E-state index contributed by atoms with van der Waals surface area (Å²) in [6, 6.07) is 1.80. The first-order valence-electron chi connectivity index (χ1n) is 3.43. The number of carbonyl (C=O) groups excluding carboxylic acids is 1. The number of carbonyl (C=O) groups is 1. The molecule has 4 nitrogen and oxygen atoms in total. The Kier molecular flexibility index (Phi) is 1.31. The van der Waals surface area contributed by atoms with Gasteiger partial charge in [0.2, 0.25) is 0 Å². The van der Waals surface area contributed by atoms with Crippen molar-refractivity contribution in [1.82, 2.24) is 10.6 Å². The molecule has 11 heavy (non-hydrogen) atoms. The Balaban J connectivity index is 2.13. The minimum absolute atomic E-state index is 0.0706. The Morgan fingerprint density at radius 2 is 2.55 bits per heavy atom. The molecule has 1 fully saturated rings. The van der Waals surface area contributed by atoms with E-state index in [0.717, 1.165) is 5.56 Å². The van der Waals surface area contributed by atoms with Gasteiger partial charge >= 0.3 is 6.03 Å². The van der Waals surface area contributed by atoms with E-state index in [9.17, 15) is 4.79 Å². The minimum Gasteiger partial charge on any atom is -0.472 e. The molecule has 2 amide bonds. The highest BCUT2D eigenvalue weighted by Gasteiger charge is 2.21. The number of hydrogen-bond donors (Lipinski definition) is 2. The van der Waals surface area contributed by atoms with Crippen LogP contribution in [0.3, 0.4) is 0 Å². The Labute approximate surface area is 63.6 Å². The second kappa shape index (κ2) is 2.30. The smallest absolute Gasteiger partial charge is 0.315 e. The average molecular weight is 152 g/mol. The third-order valence-electron chi connectivity index (χ3n) is 1.72. The number of hydrogen-bond acceptors (Lipinski definition) is 2. The summed E-state index contributed by atoms with van der Waals surface area (Å²) in [5, 5.41) is 5.41. The molecule has 0 radical (unpaired) electrons. The number of rotatable bonds is 1. The average Bonchev–Trinajstić information content (AvgIpc) is 2.55. The van der Waals surface area contributed by atoms with Gasteiger partial charge in [-0.3, -0.25) is 0 Å². The molecule has 0 saturated carbocycles. The van der Waals surface area contributed by atoms with Crippen molar-refractivity contribution in [2.45, 2.75) is 6.04 Å². The maximum atomic E-state index is 10.7. The van der Waals surface area contributed by atoms with Gasteiger partial charge in [0.05, 0.1) is 18.6 Å². The van der Waals surface area contributed by atoms with Crippen molar-refractivity contribution in [3.63, 3.8) is 0 Å². The molecular formula is C7H8N2O2. The van der Waals surface area contributed by atoms with Crippen LogP contribution in [0.5, 0.6) is 0 Å². The quantitative estimate of drug-likeness (QED) is 0.620. The molecule has 2 heterocycles. The molecule has 0 bridgehead atoms. The van der Waals surface area contributed by atoms with Crippen molar-refractivity contribution in [3.8, 4) is 0 Å². The predicted octanol–water partition coefficient (Wildman–Crippen LogP) is 0.634. The van der Waals surface area contributed by atoms with Crippen molar-refractivity contribution in [3.05, 3.63) is 24.2 Å². The minimum atomic E-state index is -0.115. The number of urea groups is 1. The van der Waals surface area contributed by atoms with Crippen LogP contribution in [0.25, 0.3) is 0 Å². The lowest BCUT2D eigenvalue weighted by molar-refractivity contribution is 0.247. The van der Waals surface area contributed by atoms with E-state index in [-0.39, 0.29) is 12.1 Å². The van der Waals surface area contributed by atoms with Gasteiger partial charge in [-0.15, -0.1) is 0 Å². The summed E-state index contributed by atoms with van der Waals surface area (Å²) >= 11 is 0. The van der Waals surface area contributed by atoms with Gasteiger partial charge in [0, 0.05) is 12.1 Å². The SMILES string of the molecule is O=C1NCC(c2ccoc2)N1. The molecule has 1 unspecified atom stereocenters. The monoisotopic (exact) mass is 152 g/mol. The van der Waals surface area contributed by atoms with Gasteiger partial charge in [0.1, 0.15) is 0 Å². The first kappa shape index (κ1) is 6.27. The second-order valence-electron chi connectivity index (χ2n) is 2.46. The van der Waals surface area contributed by atoms with Crippen molar-refractivity contribution >= 4 is 6.03 Å². The van der Waals surface area contributed by atoms with E-state index in [1.54, 1.807) is 12.5 Å². The predicted molar refractivity (Wildman–Crippen MR) is 38.0 cm³/mol. The van der Waals surface area contributed by atoms with Crippen LogP contribution in [0.1, 0.15) is 11.6 Å². The van der Waals surface area contributed by atoms with Gasteiger partial charge in [0.25, 0.3) is 0 Å². The molecule has 1 saturated heterocycles. The van der Waals surface area contributed by atoms with E-state index in [1.165, 1.54) is 0 Å². The summed E-state index contributed by atoms with van der Waals surface area (Å²) in [5.41, 5.74) is 1.00. The topological polar surface area (TPSA) is 54.3 Å². The first-order valence-corrected chi connectivity index (χ1v) is 3.43. The van der Waals surface area contributed by atoms with Crippen LogP contribution < -0.4 is 10.6 Å². The number of amides is 2. The largest absolute Gasteiger partial charge is 0.472 e. The molecule has 1 atom stereocenters. The van der Waals surface area contributed by atoms with E-state index < -0.39 is 0 Å². The summed E-state index contributed by atoms with van der Waals surface area (Å²) in [6.45, 7) is 0.637. The Morgan fingerprint density at radius 3 is 3.09 bits per heavy atom. The van der Waals surface area contributed by atoms with Gasteiger partial charge < -0.3 is 15.1 Å². The zero-order valence-electron chi connectivity index (χ0n) is 5.83. The normalized spacial score (nSPS) is 22.9. The van der Waals surface area contributed by atoms with Crippen molar-refractivity contribution < 1.29 is 9.21 Å². The molecule has 2 N–H and O–H groups in total. The van der Waals surface area contributed by atoms with Crippen molar-refractivity contribution in [1.29, 1.82) is 0 Å². The lowest BCUT2D eigenvalue weighted by Gasteiger charge is -2.02. The van der Waals surface area contributed by atoms with Gasteiger partial charge in [-0.1, -0.05) is 0 Å². The van der Waals surface area contributed by atoms with E-state index >= 15 is 0 Å². The molecule has 1 aromatic rings. The molecule has 58 valence electrons. The third kappa shape index (κ3) is 1.07. The van der Waals surface area contributed by atoms with E-state index in [4.69, 9.17) is 4.42 Å². The summed E-state index contributed by atoms with van der Waals surface area (Å²) in [5.74, 6) is 0. The fraction of sp³-hybridized carbons (Fsp3) is 0.286. The van der Waals surface area contributed by atoms with Gasteiger partial charge in [-0.25, -0.2) is 4.79 Å². The van der Waals surface area contributed by atoms with E-state index in [2.05, 4.69) is 10.6 Å². The van der Waals surface area contributed by atoms with Crippen LogP contribution in [0.4, 0.5) is 4.79 Å². The summed E-state index contributed by atoms with van der Waals surface area (Å²) in [7, 11) is 0. The number of nitrogens with one attached hydrogen (secondary N) is 2. The fourth-order valence-electron chi connectivity index (χ4n) is 1.13. The lowest BCUT2D eigenvalue weighted by Crippen LogP contribution is -2.21. The Hall–Kier alpha value is -1.45. The molecule has 4 heteroatoms. The molecule has 1 aliphatic rings. The van der Waals surface area contributed by atoms with E-state index in [0.29, 0.717) is 6.54 Å². The fourth-order valence-corrected chi connectivity index (χ4v) is 1.13. The maximum Gasteiger partial charge on any atom is 0.315 e. The lowest BCUT2D eigenvalue weighted by atomic mass is 10.2. The standard InChI is InChI=1S/C7H8N2O2/c10-7-8-3-6(9-7)5-1-2-11-4-5/h1-2,4,6H,3H2,(H2,8,9,10). The van der Waals surface area contributed by atoms with Crippen LogP contribution in [0, 0.1) is 0 Å². The molecule has 1 aromatic heterocycles. The second-order valence-corrected chi connectivity index (χ2v) is 2.46. The maximum absolute atomic E-state index is 10.7. The van der Waals surface area contributed by atoms with Gasteiger partial charge in [0.15, 0.2) is 0 Å². The number of furan rings is 1. The van der Waals surface area contributed by atoms with E-state index in [1.807, 2.05) is 6.07 Å². The molecule has 0 aliphatic carbocycles. The molecule has 2 rings (SSSR count). The van der Waals surface area contributed by atoms with Crippen molar-refractivity contribution in [2.24, 2.45) is 0 Å². The Morgan fingerprint density at radius 1 is 1.64 bits per heavy atom. The highest BCUT2D eigenvalue weighted by Crippen LogP contribution is 2.14. The van der Waals surface area contributed by atoms with Gasteiger partial charge in [-0.05, 0) is 6.07 Å². The van der Waals surface area contributed by atoms with Crippen LogP contribution in [0.15, 0.2) is 23.0 Å². The van der Waals surface area contributed by atoms with Crippen LogP contribution >= 0.6 is 0 Å². The Bertz CT molecular complexity index is 255. The summed E-state index contributed by atoms with van der Waals surface area (Å²) in [4.78, 5) is 10.7. The highest BCUT2D eigenvalue weighted by atomic mass is 16.3. The van der Waals surface area contributed by atoms with Crippen LogP contribution in [-0.2, 0) is 0 Å². The van der Waals surface area contributed by atoms with Gasteiger partial charge in [-0.2, -0.15) is 0 Å². The molecule has 0 spiro atoms. The van der Waals surface area contributed by atoms with Crippen LogP contribution in [0.2, 0.25) is 0 Å². The summed E-state index contributed by atoms with van der Waals surface area (Å²) in [6.07, 6.45) is 3.23. The van der Waals surface area contributed by atoms with Crippen LogP contribution in [-0.4, -0.2) is 12.6 Å². The van der Waals surface area contributed by atoms with Crippen molar-refractivity contribution in [2.75, 3.05) is 6.54 Å². The highest BCUT2D eigenvalue weighted by molar-refractivity contribution is 5.76.